The molecule has 170 valence electrons. The summed E-state index contributed by atoms with van der Waals surface area (Å²) in [6.07, 6.45) is 4.53. The Morgan fingerprint density at radius 3 is 2.81 bits per heavy atom. The molecule has 2 amide bonds. The van der Waals surface area contributed by atoms with Gasteiger partial charge in [0.1, 0.15) is 17.4 Å². The molecule has 7 heteroatoms. The quantitative estimate of drug-likeness (QED) is 0.694. The molecule has 0 aliphatic carbocycles. The van der Waals surface area contributed by atoms with Gasteiger partial charge in [0.25, 0.3) is 0 Å². The van der Waals surface area contributed by atoms with Crippen molar-refractivity contribution in [2.45, 2.75) is 58.3 Å². The lowest BCUT2D eigenvalue weighted by molar-refractivity contribution is -0.132. The zero-order valence-corrected chi connectivity index (χ0v) is 19.5. The number of benzene rings is 1. The van der Waals surface area contributed by atoms with E-state index in [0.29, 0.717) is 19.4 Å². The highest BCUT2D eigenvalue weighted by Gasteiger charge is 2.32. The van der Waals surface area contributed by atoms with Crippen LogP contribution in [0.4, 0.5) is 5.82 Å². The Labute approximate surface area is 189 Å². The minimum atomic E-state index is 0.0575. The number of likely N-dealkylation sites (tertiary alicyclic amines) is 1. The van der Waals surface area contributed by atoms with E-state index in [0.717, 1.165) is 66.4 Å². The molecule has 1 saturated heterocycles. The zero-order valence-electron chi connectivity index (χ0n) is 19.5. The molecule has 0 saturated carbocycles. The van der Waals surface area contributed by atoms with E-state index in [2.05, 4.69) is 12.1 Å². The molecule has 1 atom stereocenters. The lowest BCUT2D eigenvalue weighted by Crippen LogP contribution is -2.39. The van der Waals surface area contributed by atoms with Gasteiger partial charge < -0.3 is 9.64 Å². The van der Waals surface area contributed by atoms with Crippen LogP contribution in [0.15, 0.2) is 18.2 Å². The highest BCUT2D eigenvalue weighted by atomic mass is 16.5. The lowest BCUT2D eigenvalue weighted by Gasteiger charge is -2.32. The fourth-order valence-electron chi connectivity index (χ4n) is 4.77. The van der Waals surface area contributed by atoms with Gasteiger partial charge in [-0.1, -0.05) is 12.1 Å². The van der Waals surface area contributed by atoms with Crippen LogP contribution >= 0.6 is 0 Å². The number of anilines is 1. The minimum Gasteiger partial charge on any atom is -0.496 e. The second kappa shape index (κ2) is 9.27. The Hall–Kier alpha value is -2.96. The fourth-order valence-corrected chi connectivity index (χ4v) is 4.77. The fraction of sp³-hybridized carbons (Fsp3) is 0.520. The van der Waals surface area contributed by atoms with Crippen LogP contribution in [0.5, 0.6) is 5.75 Å². The third-order valence-corrected chi connectivity index (χ3v) is 6.68. The first kappa shape index (κ1) is 22.2. The van der Waals surface area contributed by atoms with Crippen molar-refractivity contribution < 1.29 is 14.3 Å². The van der Waals surface area contributed by atoms with E-state index < -0.39 is 0 Å². The van der Waals surface area contributed by atoms with Crippen LogP contribution in [-0.2, 0) is 22.4 Å². The Bertz CT molecular complexity index is 1040. The van der Waals surface area contributed by atoms with E-state index in [9.17, 15) is 9.59 Å². The second-order valence-corrected chi connectivity index (χ2v) is 8.94. The number of likely N-dealkylation sites (N-methyl/N-ethyl adjacent to an activating group) is 1. The summed E-state index contributed by atoms with van der Waals surface area (Å²) in [5, 5.41) is 0. The number of carbonyl (C=O) groups is 2. The number of fused-ring (bicyclic) bond motifs is 1. The number of aryl methyl sites for hydroxylation is 3. The van der Waals surface area contributed by atoms with Crippen molar-refractivity contribution in [3.05, 3.63) is 46.4 Å². The van der Waals surface area contributed by atoms with Gasteiger partial charge in [-0.2, -0.15) is 0 Å². The predicted molar refractivity (Wildman–Crippen MR) is 123 cm³/mol. The summed E-state index contributed by atoms with van der Waals surface area (Å²) in [5.41, 5.74) is 4.15. The van der Waals surface area contributed by atoms with E-state index in [1.54, 1.807) is 19.1 Å². The van der Waals surface area contributed by atoms with Crippen molar-refractivity contribution in [1.29, 1.82) is 0 Å². The lowest BCUT2D eigenvalue weighted by atomic mass is 9.96. The molecule has 1 unspecified atom stereocenters. The Kier molecular flexibility index (Phi) is 6.44. The van der Waals surface area contributed by atoms with E-state index in [1.165, 1.54) is 5.56 Å². The number of ether oxygens (including phenoxy) is 1. The van der Waals surface area contributed by atoms with Gasteiger partial charge in [0, 0.05) is 43.7 Å². The molecule has 4 rings (SSSR count). The van der Waals surface area contributed by atoms with Gasteiger partial charge >= 0.3 is 0 Å². The molecule has 0 spiro atoms. The normalized spacial score (nSPS) is 18.1. The van der Waals surface area contributed by atoms with Gasteiger partial charge in [-0.15, -0.1) is 0 Å². The number of methoxy groups -OCH3 is 1. The zero-order chi connectivity index (χ0) is 22.8. The maximum atomic E-state index is 12.9. The standard InChI is InChI=1S/C25H32N4O3/c1-16-13-18(10-11-21(16)32-4)7-5-9-22(30)29-12-6-8-19(15-29)24-26-17(2)20-14-23(31)28(3)25(20)27-24/h10-11,13,19H,5-9,12,14-15H2,1-4H3. The first-order valence-electron chi connectivity index (χ1n) is 11.4. The average molecular weight is 437 g/mol. The molecule has 3 heterocycles. The summed E-state index contributed by atoms with van der Waals surface area (Å²) < 4.78 is 5.32. The average Bonchev–Trinajstić information content (AvgIpc) is 3.08. The molecule has 32 heavy (non-hydrogen) atoms. The summed E-state index contributed by atoms with van der Waals surface area (Å²) in [6, 6.07) is 6.20. The molecule has 2 aliphatic heterocycles. The van der Waals surface area contributed by atoms with Crippen LogP contribution in [0.25, 0.3) is 0 Å². The predicted octanol–water partition coefficient (Wildman–Crippen LogP) is 3.35. The topological polar surface area (TPSA) is 75.6 Å². The van der Waals surface area contributed by atoms with Crippen molar-refractivity contribution in [1.82, 2.24) is 14.9 Å². The number of rotatable bonds is 6. The number of hydrogen-bond acceptors (Lipinski definition) is 5. The smallest absolute Gasteiger partial charge is 0.232 e. The maximum Gasteiger partial charge on any atom is 0.232 e. The molecule has 1 fully saturated rings. The molecule has 2 aliphatic rings. The Balaban J connectivity index is 1.36. The molecular formula is C25H32N4O3. The van der Waals surface area contributed by atoms with Crippen molar-refractivity contribution in [3.63, 3.8) is 0 Å². The summed E-state index contributed by atoms with van der Waals surface area (Å²) in [5.74, 6) is 2.76. The van der Waals surface area contributed by atoms with Crippen LogP contribution in [0.2, 0.25) is 0 Å². The maximum absolute atomic E-state index is 12.9. The van der Waals surface area contributed by atoms with E-state index in [1.807, 2.05) is 24.8 Å². The third-order valence-electron chi connectivity index (χ3n) is 6.68. The first-order chi connectivity index (χ1) is 15.4. The first-order valence-corrected chi connectivity index (χ1v) is 11.4. The molecule has 7 nitrogen and oxygen atoms in total. The van der Waals surface area contributed by atoms with Gasteiger partial charge in [-0.05, 0) is 56.7 Å². The van der Waals surface area contributed by atoms with Crippen molar-refractivity contribution in [3.8, 4) is 5.75 Å². The second-order valence-electron chi connectivity index (χ2n) is 8.94. The van der Waals surface area contributed by atoms with Crippen LogP contribution in [0.3, 0.4) is 0 Å². The number of nitrogens with zero attached hydrogens (tertiary/aromatic N) is 4. The monoisotopic (exact) mass is 436 g/mol. The van der Waals surface area contributed by atoms with Gasteiger partial charge in [-0.3, -0.25) is 14.5 Å². The van der Waals surface area contributed by atoms with Crippen molar-refractivity contribution in [2.24, 2.45) is 0 Å². The van der Waals surface area contributed by atoms with Gasteiger partial charge in [-0.25, -0.2) is 9.97 Å². The number of aromatic nitrogens is 2. The summed E-state index contributed by atoms with van der Waals surface area (Å²) in [7, 11) is 3.45. The summed E-state index contributed by atoms with van der Waals surface area (Å²) in [4.78, 5) is 38.0. The largest absolute Gasteiger partial charge is 0.496 e. The third kappa shape index (κ3) is 4.47. The van der Waals surface area contributed by atoms with Gasteiger partial charge in [0.2, 0.25) is 11.8 Å². The van der Waals surface area contributed by atoms with Crippen molar-refractivity contribution in [2.75, 3.05) is 32.1 Å². The van der Waals surface area contributed by atoms with Crippen LogP contribution < -0.4 is 9.64 Å². The molecule has 1 aromatic heterocycles. The summed E-state index contributed by atoms with van der Waals surface area (Å²) >= 11 is 0. The van der Waals surface area contributed by atoms with Crippen LogP contribution in [-0.4, -0.2) is 53.9 Å². The molecule has 0 bridgehead atoms. The summed E-state index contributed by atoms with van der Waals surface area (Å²) in [6.45, 7) is 5.43. The van der Waals surface area contributed by atoms with Crippen molar-refractivity contribution >= 4 is 17.6 Å². The molecule has 0 radical (unpaired) electrons. The number of hydrogen-bond donors (Lipinski definition) is 0. The molecule has 0 N–H and O–H groups in total. The highest BCUT2D eigenvalue weighted by Crippen LogP contribution is 2.32. The number of piperidine rings is 1. The number of amides is 2. The SMILES string of the molecule is COc1ccc(CCCC(=O)N2CCCC(c3nc(C)c4c(n3)N(C)C(=O)C4)C2)cc1C. The van der Waals surface area contributed by atoms with E-state index in [-0.39, 0.29) is 17.7 Å². The Morgan fingerprint density at radius 2 is 2.06 bits per heavy atom. The van der Waals surface area contributed by atoms with Crippen LogP contribution in [0.1, 0.15) is 59.8 Å². The molecule has 1 aromatic carbocycles. The van der Waals surface area contributed by atoms with E-state index >= 15 is 0 Å². The van der Waals surface area contributed by atoms with Gasteiger partial charge in [0.05, 0.1) is 13.5 Å². The molecular weight excluding hydrogens is 404 g/mol. The molecule has 2 aromatic rings. The number of carbonyl (C=O) groups excluding carboxylic acids is 2. The Morgan fingerprint density at radius 1 is 1.25 bits per heavy atom. The van der Waals surface area contributed by atoms with Crippen LogP contribution in [0, 0.1) is 13.8 Å². The van der Waals surface area contributed by atoms with Gasteiger partial charge in [0.15, 0.2) is 0 Å². The highest BCUT2D eigenvalue weighted by molar-refractivity contribution is 5.99. The minimum absolute atomic E-state index is 0.0575. The van der Waals surface area contributed by atoms with E-state index in [4.69, 9.17) is 14.7 Å².